The van der Waals surface area contributed by atoms with Gasteiger partial charge in [-0.2, -0.15) is 0 Å². The number of benzene rings is 3. The van der Waals surface area contributed by atoms with Crippen LogP contribution in [0.4, 0.5) is 0 Å². The number of aryl methyl sites for hydroxylation is 1. The maximum atomic E-state index is 13.5. The van der Waals surface area contributed by atoms with E-state index < -0.39 is 0 Å². The van der Waals surface area contributed by atoms with E-state index in [4.69, 9.17) is 4.98 Å². The van der Waals surface area contributed by atoms with Crippen molar-refractivity contribution >= 4 is 28.6 Å². The molecule has 168 valence electrons. The molecule has 0 bridgehead atoms. The number of nitrogens with zero attached hydrogens (tertiary/aromatic N) is 2. The van der Waals surface area contributed by atoms with Gasteiger partial charge in [-0.05, 0) is 42.7 Å². The quantitative estimate of drug-likeness (QED) is 0.292. The van der Waals surface area contributed by atoms with E-state index in [-0.39, 0.29) is 11.5 Å². The van der Waals surface area contributed by atoms with E-state index in [1.54, 1.807) is 22.8 Å². The average Bonchev–Trinajstić information content (AvgIpc) is 2.84. The molecule has 0 saturated heterocycles. The van der Waals surface area contributed by atoms with Gasteiger partial charge in [-0.3, -0.25) is 14.2 Å². The van der Waals surface area contributed by atoms with Crippen molar-refractivity contribution in [2.45, 2.75) is 37.7 Å². The molecular formula is C27H27N3O2S. The van der Waals surface area contributed by atoms with Crippen LogP contribution in [0, 0.1) is 6.92 Å². The molecule has 0 aliphatic rings. The monoisotopic (exact) mass is 457 g/mol. The highest BCUT2D eigenvalue weighted by Gasteiger charge is 2.15. The number of fused-ring (bicyclic) bond motifs is 1. The van der Waals surface area contributed by atoms with Crippen molar-refractivity contribution in [2.75, 3.05) is 6.54 Å². The number of thioether (sulfide) groups is 1. The molecule has 0 spiro atoms. The first kappa shape index (κ1) is 22.8. The summed E-state index contributed by atoms with van der Waals surface area (Å²) in [5, 5.41) is 4.04. The van der Waals surface area contributed by atoms with Crippen molar-refractivity contribution in [1.29, 1.82) is 0 Å². The maximum absolute atomic E-state index is 13.5. The van der Waals surface area contributed by atoms with E-state index in [1.165, 1.54) is 22.9 Å². The van der Waals surface area contributed by atoms with E-state index >= 15 is 0 Å². The van der Waals surface area contributed by atoms with E-state index in [0.29, 0.717) is 40.5 Å². The summed E-state index contributed by atoms with van der Waals surface area (Å²) in [6.07, 6.45) is 0.863. The summed E-state index contributed by atoms with van der Waals surface area (Å²) >= 11 is 1.53. The Bertz CT molecular complexity index is 1320. The number of carbonyl (C=O) groups is 1. The Hall–Kier alpha value is -3.38. The summed E-state index contributed by atoms with van der Waals surface area (Å²) in [6, 6.07) is 23.4. The van der Waals surface area contributed by atoms with Gasteiger partial charge in [0.05, 0.1) is 17.4 Å². The lowest BCUT2D eigenvalue weighted by molar-refractivity contribution is 0.0954. The van der Waals surface area contributed by atoms with Crippen LogP contribution in [-0.4, -0.2) is 22.0 Å². The minimum Gasteiger partial charge on any atom is -0.352 e. The molecule has 33 heavy (non-hydrogen) atoms. The van der Waals surface area contributed by atoms with Crippen LogP contribution >= 0.6 is 11.8 Å². The van der Waals surface area contributed by atoms with Crippen molar-refractivity contribution in [3.63, 3.8) is 0 Å². The standard InChI is InChI=1S/C27H27N3O2S/c1-3-15-28-25(31)22-13-14-23-24(16-22)29-27(33-18-21-11-9-19(2)10-12-21)30(26(23)32)17-20-7-5-4-6-8-20/h4-14,16H,3,15,17-18H2,1-2H3,(H,28,31). The average molecular weight is 458 g/mol. The maximum Gasteiger partial charge on any atom is 0.262 e. The topological polar surface area (TPSA) is 64.0 Å². The van der Waals surface area contributed by atoms with Gasteiger partial charge in [0.1, 0.15) is 0 Å². The number of carbonyl (C=O) groups excluding carboxylic acids is 1. The highest BCUT2D eigenvalue weighted by atomic mass is 32.2. The molecule has 0 aliphatic heterocycles. The molecule has 1 N–H and O–H groups in total. The second-order valence-electron chi connectivity index (χ2n) is 8.03. The smallest absolute Gasteiger partial charge is 0.262 e. The third kappa shape index (κ3) is 5.52. The SMILES string of the molecule is CCCNC(=O)c1ccc2c(=O)n(Cc3ccccc3)c(SCc3ccc(C)cc3)nc2c1. The van der Waals surface area contributed by atoms with Gasteiger partial charge in [0.15, 0.2) is 5.16 Å². The van der Waals surface area contributed by atoms with Gasteiger partial charge >= 0.3 is 0 Å². The molecule has 1 amide bonds. The molecule has 1 aromatic heterocycles. The zero-order valence-corrected chi connectivity index (χ0v) is 19.7. The number of hydrogen-bond donors (Lipinski definition) is 1. The summed E-state index contributed by atoms with van der Waals surface area (Å²) < 4.78 is 1.73. The van der Waals surface area contributed by atoms with Crippen LogP contribution in [0.15, 0.2) is 82.7 Å². The lowest BCUT2D eigenvalue weighted by atomic mass is 10.1. The molecule has 0 fully saturated rings. The molecular weight excluding hydrogens is 430 g/mol. The fourth-order valence-electron chi connectivity index (χ4n) is 3.53. The first-order chi connectivity index (χ1) is 16.0. The van der Waals surface area contributed by atoms with Gasteiger partial charge in [0, 0.05) is 17.9 Å². The number of rotatable bonds is 8. The minimum absolute atomic E-state index is 0.101. The van der Waals surface area contributed by atoms with Crippen LogP contribution < -0.4 is 10.9 Å². The van der Waals surface area contributed by atoms with Crippen molar-refractivity contribution in [3.05, 3.63) is 105 Å². The minimum atomic E-state index is -0.150. The Morgan fingerprint density at radius 3 is 2.48 bits per heavy atom. The lowest BCUT2D eigenvalue weighted by Crippen LogP contribution is -2.26. The Morgan fingerprint density at radius 1 is 1.00 bits per heavy atom. The molecule has 0 radical (unpaired) electrons. The van der Waals surface area contributed by atoms with Crippen LogP contribution in [0.3, 0.4) is 0 Å². The summed E-state index contributed by atoms with van der Waals surface area (Å²) in [7, 11) is 0. The zero-order valence-electron chi connectivity index (χ0n) is 18.9. The molecule has 1 heterocycles. The fraction of sp³-hybridized carbons (Fsp3) is 0.222. The summed E-state index contributed by atoms with van der Waals surface area (Å²) in [4.78, 5) is 30.7. The molecule has 0 saturated carbocycles. The van der Waals surface area contributed by atoms with Crippen molar-refractivity contribution in [1.82, 2.24) is 14.9 Å². The second kappa shape index (κ2) is 10.5. The Morgan fingerprint density at radius 2 is 1.76 bits per heavy atom. The molecule has 5 nitrogen and oxygen atoms in total. The van der Waals surface area contributed by atoms with Gasteiger partial charge in [0.25, 0.3) is 11.5 Å². The normalized spacial score (nSPS) is 11.0. The number of hydrogen-bond acceptors (Lipinski definition) is 4. The van der Waals surface area contributed by atoms with E-state index in [1.807, 2.05) is 37.3 Å². The molecule has 6 heteroatoms. The van der Waals surface area contributed by atoms with Gasteiger partial charge in [-0.15, -0.1) is 0 Å². The first-order valence-electron chi connectivity index (χ1n) is 11.1. The fourth-order valence-corrected chi connectivity index (χ4v) is 4.48. The zero-order chi connectivity index (χ0) is 23.2. The summed E-state index contributed by atoms with van der Waals surface area (Å²) in [5.41, 5.74) is 4.36. The van der Waals surface area contributed by atoms with Crippen molar-refractivity contribution in [2.24, 2.45) is 0 Å². The Balaban J connectivity index is 1.74. The Labute approximate surface area is 197 Å². The van der Waals surface area contributed by atoms with Crippen LogP contribution in [0.2, 0.25) is 0 Å². The lowest BCUT2D eigenvalue weighted by Gasteiger charge is -2.14. The van der Waals surface area contributed by atoms with Crippen LogP contribution in [0.1, 0.15) is 40.4 Å². The van der Waals surface area contributed by atoms with Crippen LogP contribution in [-0.2, 0) is 12.3 Å². The molecule has 3 aromatic carbocycles. The molecule has 4 rings (SSSR count). The van der Waals surface area contributed by atoms with E-state index in [2.05, 4.69) is 36.5 Å². The molecule has 0 aliphatic carbocycles. The highest BCUT2D eigenvalue weighted by Crippen LogP contribution is 2.24. The third-order valence-corrected chi connectivity index (χ3v) is 6.44. The third-order valence-electron chi connectivity index (χ3n) is 5.39. The van der Waals surface area contributed by atoms with Gasteiger partial charge in [0.2, 0.25) is 0 Å². The molecule has 0 atom stereocenters. The molecule has 0 unspecified atom stereocenters. The summed E-state index contributed by atoms with van der Waals surface area (Å²) in [6.45, 7) is 5.13. The van der Waals surface area contributed by atoms with E-state index in [0.717, 1.165) is 12.0 Å². The number of aromatic nitrogens is 2. The first-order valence-corrected chi connectivity index (χ1v) is 12.1. The highest BCUT2D eigenvalue weighted by molar-refractivity contribution is 7.98. The largest absolute Gasteiger partial charge is 0.352 e. The van der Waals surface area contributed by atoms with Crippen molar-refractivity contribution < 1.29 is 4.79 Å². The van der Waals surface area contributed by atoms with Gasteiger partial charge < -0.3 is 5.32 Å². The van der Waals surface area contributed by atoms with Crippen molar-refractivity contribution in [3.8, 4) is 0 Å². The van der Waals surface area contributed by atoms with Gasteiger partial charge in [-0.25, -0.2) is 4.98 Å². The predicted molar refractivity (Wildman–Crippen MR) is 135 cm³/mol. The van der Waals surface area contributed by atoms with Gasteiger partial charge in [-0.1, -0.05) is 78.8 Å². The Kier molecular flexibility index (Phi) is 7.25. The van der Waals surface area contributed by atoms with Crippen LogP contribution in [0.5, 0.6) is 0 Å². The van der Waals surface area contributed by atoms with Crippen LogP contribution in [0.25, 0.3) is 10.9 Å². The predicted octanol–water partition coefficient (Wildman–Crippen LogP) is 5.19. The number of nitrogens with one attached hydrogen (secondary N) is 1. The molecule has 4 aromatic rings. The summed E-state index contributed by atoms with van der Waals surface area (Å²) in [5.74, 6) is 0.548. The second-order valence-corrected chi connectivity index (χ2v) is 8.98. The number of amides is 1. The van der Waals surface area contributed by atoms with E-state index in [9.17, 15) is 9.59 Å².